The molecule has 3 aromatic rings. The summed E-state index contributed by atoms with van der Waals surface area (Å²) in [6.45, 7) is -0.275. The first kappa shape index (κ1) is 19.0. The lowest BCUT2D eigenvalue weighted by molar-refractivity contribution is 0.182. The summed E-state index contributed by atoms with van der Waals surface area (Å²) < 4.78 is 47.2. The maximum Gasteiger partial charge on any atom is 0.244 e. The molecule has 27 heavy (non-hydrogen) atoms. The minimum absolute atomic E-state index is 0.0157. The molecule has 0 aliphatic rings. The van der Waals surface area contributed by atoms with Gasteiger partial charge in [0.25, 0.3) is 0 Å². The number of rotatable bonds is 7. The van der Waals surface area contributed by atoms with Crippen LogP contribution < -0.4 is 9.46 Å². The van der Waals surface area contributed by atoms with E-state index in [1.165, 1.54) is 13.2 Å². The van der Waals surface area contributed by atoms with Gasteiger partial charge in [0.2, 0.25) is 10.0 Å². The van der Waals surface area contributed by atoms with E-state index in [4.69, 9.17) is 4.74 Å². The molecule has 0 amide bonds. The fraction of sp³-hybridized carbons (Fsp3) is 0.167. The lowest BCUT2D eigenvalue weighted by atomic mass is 10.1. The van der Waals surface area contributed by atoms with Crippen molar-refractivity contribution in [2.24, 2.45) is 0 Å². The molecular formula is C18H18FN3O4S. The third-order valence-corrected chi connectivity index (χ3v) is 5.37. The third-order valence-electron chi connectivity index (χ3n) is 3.93. The van der Waals surface area contributed by atoms with Gasteiger partial charge in [0.05, 0.1) is 18.9 Å². The largest absolute Gasteiger partial charge is 0.495 e. The van der Waals surface area contributed by atoms with Crippen LogP contribution in [0.3, 0.4) is 0 Å². The Labute approximate surface area is 156 Å². The molecule has 0 spiro atoms. The highest BCUT2D eigenvalue weighted by Gasteiger charge is 2.21. The van der Waals surface area contributed by atoms with Crippen molar-refractivity contribution in [3.8, 4) is 11.4 Å². The van der Waals surface area contributed by atoms with Crippen LogP contribution in [0, 0.1) is 5.82 Å². The van der Waals surface area contributed by atoms with Gasteiger partial charge >= 0.3 is 0 Å². The molecule has 0 fully saturated rings. The molecule has 0 saturated heterocycles. The Morgan fingerprint density at radius 2 is 2.00 bits per heavy atom. The van der Waals surface area contributed by atoms with Gasteiger partial charge in [0, 0.05) is 18.9 Å². The van der Waals surface area contributed by atoms with E-state index in [0.717, 1.165) is 17.8 Å². The van der Waals surface area contributed by atoms with Crippen molar-refractivity contribution >= 4 is 10.0 Å². The lowest BCUT2D eigenvalue weighted by Gasteiger charge is -2.15. The Morgan fingerprint density at radius 1 is 1.26 bits per heavy atom. The standard InChI is InChI=1S/C18H18FN3O4S/c1-26-17-8-5-14(19)11-18(17)27(24,25)21-12-16(23)13-3-6-15(7-4-13)22-10-2-9-20-22/h2-11,16,21,23H,12H2,1H3. The van der Waals surface area contributed by atoms with E-state index in [2.05, 4.69) is 9.82 Å². The maximum atomic E-state index is 13.4. The van der Waals surface area contributed by atoms with Crippen molar-refractivity contribution in [2.45, 2.75) is 11.0 Å². The zero-order valence-corrected chi connectivity index (χ0v) is 15.2. The summed E-state index contributed by atoms with van der Waals surface area (Å²) in [6, 6.07) is 11.9. The summed E-state index contributed by atoms with van der Waals surface area (Å²) in [4.78, 5) is -0.328. The second-order valence-electron chi connectivity index (χ2n) is 5.71. The first-order valence-electron chi connectivity index (χ1n) is 8.02. The van der Waals surface area contributed by atoms with Crippen LogP contribution >= 0.6 is 0 Å². The smallest absolute Gasteiger partial charge is 0.244 e. The zero-order valence-electron chi connectivity index (χ0n) is 14.4. The number of hydrogen-bond donors (Lipinski definition) is 2. The highest BCUT2D eigenvalue weighted by molar-refractivity contribution is 7.89. The first-order valence-corrected chi connectivity index (χ1v) is 9.50. The van der Waals surface area contributed by atoms with Crippen LogP contribution in [-0.2, 0) is 10.0 Å². The Balaban J connectivity index is 1.71. The number of methoxy groups -OCH3 is 1. The number of benzene rings is 2. The van der Waals surface area contributed by atoms with Gasteiger partial charge in [-0.05, 0) is 42.0 Å². The molecular weight excluding hydrogens is 373 g/mol. The molecule has 142 valence electrons. The van der Waals surface area contributed by atoms with Crippen molar-refractivity contribution in [2.75, 3.05) is 13.7 Å². The van der Waals surface area contributed by atoms with Crippen LogP contribution in [0.25, 0.3) is 5.69 Å². The quantitative estimate of drug-likeness (QED) is 0.643. The van der Waals surface area contributed by atoms with Gasteiger partial charge in [-0.25, -0.2) is 22.2 Å². The van der Waals surface area contributed by atoms with Crippen LogP contribution in [0.2, 0.25) is 0 Å². The van der Waals surface area contributed by atoms with Crippen molar-refractivity contribution in [3.63, 3.8) is 0 Å². The number of nitrogens with one attached hydrogen (secondary N) is 1. The molecule has 1 aromatic heterocycles. The Kier molecular flexibility index (Phi) is 5.54. The summed E-state index contributed by atoms with van der Waals surface area (Å²) in [7, 11) is -2.77. The summed E-state index contributed by atoms with van der Waals surface area (Å²) in [5.74, 6) is -0.687. The molecule has 1 atom stereocenters. The number of aliphatic hydroxyl groups is 1. The van der Waals surface area contributed by atoms with Gasteiger partial charge < -0.3 is 9.84 Å². The van der Waals surface area contributed by atoms with Crippen LogP contribution in [-0.4, -0.2) is 37.0 Å². The summed E-state index contributed by atoms with van der Waals surface area (Å²) >= 11 is 0. The molecule has 3 rings (SSSR count). The van der Waals surface area contributed by atoms with Crippen LogP contribution in [0.5, 0.6) is 5.75 Å². The van der Waals surface area contributed by atoms with Gasteiger partial charge in [0.15, 0.2) is 0 Å². The van der Waals surface area contributed by atoms with Crippen LogP contribution in [0.15, 0.2) is 65.8 Å². The highest BCUT2D eigenvalue weighted by atomic mass is 32.2. The van der Waals surface area contributed by atoms with Crippen molar-refractivity contribution in [1.82, 2.24) is 14.5 Å². The SMILES string of the molecule is COc1ccc(F)cc1S(=O)(=O)NCC(O)c1ccc(-n2cccn2)cc1. The zero-order chi connectivity index (χ0) is 19.4. The van der Waals surface area contributed by atoms with E-state index in [9.17, 15) is 17.9 Å². The molecule has 1 unspecified atom stereocenters. The van der Waals surface area contributed by atoms with Gasteiger partial charge in [-0.3, -0.25) is 0 Å². The number of hydrogen-bond acceptors (Lipinski definition) is 5. The second kappa shape index (κ2) is 7.87. The van der Waals surface area contributed by atoms with E-state index < -0.39 is 21.9 Å². The average molecular weight is 391 g/mol. The molecule has 2 N–H and O–H groups in total. The fourth-order valence-corrected chi connectivity index (χ4v) is 3.73. The van der Waals surface area contributed by atoms with Crippen LogP contribution in [0.4, 0.5) is 4.39 Å². The van der Waals surface area contributed by atoms with Crippen molar-refractivity contribution < 1.29 is 22.7 Å². The van der Waals surface area contributed by atoms with E-state index >= 15 is 0 Å². The highest BCUT2D eigenvalue weighted by Crippen LogP contribution is 2.24. The van der Waals surface area contributed by atoms with Crippen LogP contribution in [0.1, 0.15) is 11.7 Å². The molecule has 9 heteroatoms. The van der Waals surface area contributed by atoms with Gasteiger partial charge in [-0.15, -0.1) is 0 Å². The van der Waals surface area contributed by atoms with Gasteiger partial charge in [-0.1, -0.05) is 12.1 Å². The van der Waals surface area contributed by atoms with E-state index in [1.807, 2.05) is 0 Å². The van der Waals surface area contributed by atoms with Crippen molar-refractivity contribution in [3.05, 3.63) is 72.3 Å². The molecule has 0 bridgehead atoms. The maximum absolute atomic E-state index is 13.4. The van der Waals surface area contributed by atoms with E-state index in [1.54, 1.807) is 47.4 Å². The molecule has 7 nitrogen and oxygen atoms in total. The van der Waals surface area contributed by atoms with E-state index in [-0.39, 0.29) is 17.2 Å². The molecule has 0 aliphatic heterocycles. The van der Waals surface area contributed by atoms with E-state index in [0.29, 0.717) is 5.56 Å². The van der Waals surface area contributed by atoms with Gasteiger partial charge in [-0.2, -0.15) is 5.10 Å². The molecule has 0 radical (unpaired) electrons. The number of halogens is 1. The molecule has 0 aliphatic carbocycles. The lowest BCUT2D eigenvalue weighted by Crippen LogP contribution is -2.29. The Bertz CT molecular complexity index is 1010. The van der Waals surface area contributed by atoms with Crippen molar-refractivity contribution in [1.29, 1.82) is 0 Å². The summed E-state index contributed by atoms with van der Waals surface area (Å²) in [5.41, 5.74) is 1.33. The predicted molar refractivity (Wildman–Crippen MR) is 96.7 cm³/mol. The number of aromatic nitrogens is 2. The monoisotopic (exact) mass is 391 g/mol. The number of sulfonamides is 1. The average Bonchev–Trinajstić information content (AvgIpc) is 3.21. The summed E-state index contributed by atoms with van der Waals surface area (Å²) in [5, 5.41) is 14.4. The number of ether oxygens (including phenoxy) is 1. The molecule has 1 heterocycles. The first-order chi connectivity index (χ1) is 12.9. The molecule has 2 aromatic carbocycles. The minimum Gasteiger partial charge on any atom is -0.495 e. The normalized spacial score (nSPS) is 12.7. The predicted octanol–water partition coefficient (Wildman–Crippen LogP) is 2.03. The fourth-order valence-electron chi connectivity index (χ4n) is 2.52. The number of nitrogens with zero attached hydrogens (tertiary/aromatic N) is 2. The van der Waals surface area contributed by atoms with Gasteiger partial charge in [0.1, 0.15) is 16.5 Å². The Morgan fingerprint density at radius 3 is 2.63 bits per heavy atom. The minimum atomic E-state index is -4.06. The number of aliphatic hydroxyl groups excluding tert-OH is 1. The topological polar surface area (TPSA) is 93.5 Å². The molecule has 0 saturated carbocycles. The summed E-state index contributed by atoms with van der Waals surface area (Å²) in [6.07, 6.45) is 2.36. The Hall–Kier alpha value is -2.75. The third kappa shape index (κ3) is 4.33. The second-order valence-corrected chi connectivity index (χ2v) is 7.44.